The zero-order valence-electron chi connectivity index (χ0n) is 14.1. The number of carbonyl (C=O) groups excluding carboxylic acids is 1. The second-order valence-electron chi connectivity index (χ2n) is 6.15. The quantitative estimate of drug-likeness (QED) is 0.742. The molecular formula is C17H22N2O5S. The number of hydrogen-bond acceptors (Lipinski definition) is 4. The van der Waals surface area contributed by atoms with Crippen molar-refractivity contribution in [1.82, 2.24) is 9.62 Å². The van der Waals surface area contributed by atoms with Crippen molar-refractivity contribution in [3.05, 3.63) is 42.0 Å². The molecule has 0 saturated carbocycles. The molecule has 0 aromatic heterocycles. The monoisotopic (exact) mass is 366 g/mol. The normalized spacial score (nSPS) is 16.4. The van der Waals surface area contributed by atoms with E-state index in [0.29, 0.717) is 19.4 Å². The van der Waals surface area contributed by atoms with Gasteiger partial charge in [-0.3, -0.25) is 4.79 Å². The van der Waals surface area contributed by atoms with Crippen LogP contribution in [0.3, 0.4) is 0 Å². The summed E-state index contributed by atoms with van der Waals surface area (Å²) in [4.78, 5) is 23.1. The Kier molecular flexibility index (Phi) is 5.97. The van der Waals surface area contributed by atoms with Crippen molar-refractivity contribution in [2.45, 2.75) is 24.7 Å². The van der Waals surface area contributed by atoms with Gasteiger partial charge in [0.05, 0.1) is 10.5 Å². The summed E-state index contributed by atoms with van der Waals surface area (Å²) < 4.78 is 26.8. The Morgan fingerprint density at radius 1 is 1.28 bits per heavy atom. The third kappa shape index (κ3) is 4.46. The number of carboxylic acids is 1. The highest BCUT2D eigenvalue weighted by Gasteiger charge is 2.33. The predicted molar refractivity (Wildman–Crippen MR) is 92.7 cm³/mol. The first-order chi connectivity index (χ1) is 11.7. The summed E-state index contributed by atoms with van der Waals surface area (Å²) in [6.45, 7) is 6.31. The molecule has 1 aromatic rings. The second-order valence-corrected chi connectivity index (χ2v) is 8.06. The van der Waals surface area contributed by atoms with Gasteiger partial charge in [-0.05, 0) is 31.9 Å². The molecule has 1 aliphatic rings. The minimum absolute atomic E-state index is 0.106. The second kappa shape index (κ2) is 7.79. The molecule has 2 rings (SSSR count). The summed E-state index contributed by atoms with van der Waals surface area (Å²) in [5, 5.41) is 12.0. The van der Waals surface area contributed by atoms with Crippen LogP contribution in [0.2, 0.25) is 0 Å². The highest BCUT2D eigenvalue weighted by atomic mass is 32.2. The zero-order chi connectivity index (χ0) is 18.6. The SMILES string of the molecule is C=C(C)CNC(=O)C1CCN(S(=O)(=O)c2ccccc2C(=O)O)CC1. The summed E-state index contributed by atoms with van der Waals surface area (Å²) in [5.41, 5.74) is 0.600. The third-order valence-electron chi connectivity index (χ3n) is 4.12. The molecule has 8 heteroatoms. The van der Waals surface area contributed by atoms with Crippen LogP contribution in [0.5, 0.6) is 0 Å². The van der Waals surface area contributed by atoms with Gasteiger partial charge in [0.25, 0.3) is 0 Å². The Labute approximate surface area is 147 Å². The smallest absolute Gasteiger partial charge is 0.337 e. The number of nitrogens with one attached hydrogen (secondary N) is 1. The molecule has 0 atom stereocenters. The molecule has 1 fully saturated rings. The Hall–Kier alpha value is -2.19. The molecule has 0 bridgehead atoms. The maximum absolute atomic E-state index is 12.8. The van der Waals surface area contributed by atoms with Gasteiger partial charge in [-0.25, -0.2) is 13.2 Å². The van der Waals surface area contributed by atoms with Crippen molar-refractivity contribution in [2.24, 2.45) is 5.92 Å². The summed E-state index contributed by atoms with van der Waals surface area (Å²) in [6.07, 6.45) is 0.799. The number of amides is 1. The van der Waals surface area contributed by atoms with Crippen molar-refractivity contribution in [1.29, 1.82) is 0 Å². The van der Waals surface area contributed by atoms with Crippen molar-refractivity contribution >= 4 is 21.9 Å². The lowest BCUT2D eigenvalue weighted by atomic mass is 9.97. The first-order valence-electron chi connectivity index (χ1n) is 7.98. The van der Waals surface area contributed by atoms with Crippen molar-refractivity contribution in [2.75, 3.05) is 19.6 Å². The fourth-order valence-corrected chi connectivity index (χ4v) is 4.40. The maximum Gasteiger partial charge on any atom is 0.337 e. The largest absolute Gasteiger partial charge is 0.478 e. The number of benzene rings is 1. The van der Waals surface area contributed by atoms with Crippen LogP contribution in [0.15, 0.2) is 41.3 Å². The van der Waals surface area contributed by atoms with E-state index in [1.165, 1.54) is 28.6 Å². The molecule has 0 aliphatic carbocycles. The van der Waals surface area contributed by atoms with Crippen LogP contribution in [-0.2, 0) is 14.8 Å². The van der Waals surface area contributed by atoms with Crippen LogP contribution in [0, 0.1) is 5.92 Å². The average Bonchev–Trinajstić information content (AvgIpc) is 2.59. The van der Waals surface area contributed by atoms with E-state index < -0.39 is 16.0 Å². The molecule has 136 valence electrons. The minimum Gasteiger partial charge on any atom is -0.478 e. The fourth-order valence-electron chi connectivity index (χ4n) is 2.75. The lowest BCUT2D eigenvalue weighted by Crippen LogP contribution is -2.43. The number of piperidine rings is 1. The standard InChI is InChI=1S/C17H22N2O5S/c1-12(2)11-18-16(20)13-7-9-19(10-8-13)25(23,24)15-6-4-3-5-14(15)17(21)22/h3-6,13H,1,7-11H2,2H3,(H,18,20)(H,21,22). The van der Waals surface area contributed by atoms with Crippen LogP contribution < -0.4 is 5.32 Å². The van der Waals surface area contributed by atoms with Gasteiger partial charge in [-0.2, -0.15) is 4.31 Å². The Morgan fingerprint density at radius 3 is 2.44 bits per heavy atom. The van der Waals surface area contributed by atoms with E-state index in [2.05, 4.69) is 11.9 Å². The van der Waals surface area contributed by atoms with Crippen LogP contribution in [0.4, 0.5) is 0 Å². The third-order valence-corrected chi connectivity index (χ3v) is 6.08. The molecule has 1 saturated heterocycles. The molecule has 0 spiro atoms. The first kappa shape index (κ1) is 19.1. The highest BCUT2D eigenvalue weighted by molar-refractivity contribution is 7.89. The molecular weight excluding hydrogens is 344 g/mol. The first-order valence-corrected chi connectivity index (χ1v) is 9.42. The van der Waals surface area contributed by atoms with Crippen LogP contribution in [-0.4, -0.2) is 49.3 Å². The molecule has 0 radical (unpaired) electrons. The lowest BCUT2D eigenvalue weighted by molar-refractivity contribution is -0.125. The predicted octanol–water partition coefficient (Wildman–Crippen LogP) is 1.48. The lowest BCUT2D eigenvalue weighted by Gasteiger charge is -2.30. The van der Waals surface area contributed by atoms with Gasteiger partial charge in [0, 0.05) is 25.6 Å². The van der Waals surface area contributed by atoms with E-state index in [1.54, 1.807) is 0 Å². The van der Waals surface area contributed by atoms with E-state index in [9.17, 15) is 23.1 Å². The van der Waals surface area contributed by atoms with E-state index in [1.807, 2.05) is 6.92 Å². The summed E-state index contributed by atoms with van der Waals surface area (Å²) in [5.74, 6) is -1.64. The number of carboxylic acid groups (broad SMARTS) is 1. The summed E-state index contributed by atoms with van der Waals surface area (Å²) in [7, 11) is -3.91. The number of hydrogen-bond donors (Lipinski definition) is 2. The van der Waals surface area contributed by atoms with Gasteiger partial charge in [0.2, 0.25) is 15.9 Å². The van der Waals surface area contributed by atoms with Crippen LogP contribution in [0.25, 0.3) is 0 Å². The summed E-state index contributed by atoms with van der Waals surface area (Å²) in [6, 6.07) is 5.55. The fraction of sp³-hybridized carbons (Fsp3) is 0.412. The zero-order valence-corrected chi connectivity index (χ0v) is 14.9. The van der Waals surface area contributed by atoms with Crippen molar-refractivity contribution in [3.8, 4) is 0 Å². The molecule has 7 nitrogen and oxygen atoms in total. The van der Waals surface area contributed by atoms with Crippen molar-refractivity contribution < 1.29 is 23.1 Å². The number of nitrogens with zero attached hydrogens (tertiary/aromatic N) is 1. The maximum atomic E-state index is 12.8. The van der Waals surface area contributed by atoms with Crippen LogP contribution in [0.1, 0.15) is 30.1 Å². The van der Waals surface area contributed by atoms with Gasteiger partial charge >= 0.3 is 5.97 Å². The van der Waals surface area contributed by atoms with Gasteiger partial charge in [-0.15, -0.1) is 0 Å². The highest BCUT2D eigenvalue weighted by Crippen LogP contribution is 2.26. The molecule has 1 aliphatic heterocycles. The molecule has 1 aromatic carbocycles. The Morgan fingerprint density at radius 2 is 1.88 bits per heavy atom. The van der Waals surface area contributed by atoms with E-state index in [-0.39, 0.29) is 35.4 Å². The topological polar surface area (TPSA) is 104 Å². The van der Waals surface area contributed by atoms with Gasteiger partial charge < -0.3 is 10.4 Å². The number of carbonyl (C=O) groups is 2. The van der Waals surface area contributed by atoms with E-state index in [4.69, 9.17) is 0 Å². The van der Waals surface area contributed by atoms with Crippen molar-refractivity contribution in [3.63, 3.8) is 0 Å². The number of rotatable bonds is 6. The number of aromatic carboxylic acids is 1. The van der Waals surface area contributed by atoms with E-state index >= 15 is 0 Å². The Balaban J connectivity index is 2.08. The molecule has 1 heterocycles. The number of sulfonamides is 1. The molecule has 1 amide bonds. The minimum atomic E-state index is -3.91. The molecule has 0 unspecified atom stereocenters. The van der Waals surface area contributed by atoms with E-state index in [0.717, 1.165) is 5.57 Å². The molecule has 2 N–H and O–H groups in total. The molecule has 25 heavy (non-hydrogen) atoms. The van der Waals surface area contributed by atoms with Gasteiger partial charge in [0.15, 0.2) is 0 Å². The van der Waals surface area contributed by atoms with Gasteiger partial charge in [0.1, 0.15) is 0 Å². The Bertz CT molecular complexity index is 780. The average molecular weight is 366 g/mol. The van der Waals surface area contributed by atoms with Gasteiger partial charge in [-0.1, -0.05) is 24.3 Å². The summed E-state index contributed by atoms with van der Waals surface area (Å²) >= 11 is 0. The van der Waals surface area contributed by atoms with Crippen LogP contribution >= 0.6 is 0 Å².